The number of aromatic amines is 1. The van der Waals surface area contributed by atoms with E-state index in [1.807, 2.05) is 42.5 Å². The number of likely N-dealkylation sites (N-methyl/N-ethyl adjacent to an activating group) is 1. The number of H-pyrrole nitrogens is 1. The van der Waals surface area contributed by atoms with Crippen molar-refractivity contribution in [1.82, 2.24) is 14.9 Å². The summed E-state index contributed by atoms with van der Waals surface area (Å²) in [5.41, 5.74) is 9.05. The van der Waals surface area contributed by atoms with Gasteiger partial charge in [-0.25, -0.2) is 0 Å². The molecule has 1 unspecified atom stereocenters. The third-order valence-corrected chi connectivity index (χ3v) is 6.25. The smallest absolute Gasteiger partial charge is 0.213 e. The summed E-state index contributed by atoms with van der Waals surface area (Å²) in [6.07, 6.45) is 3.68. The van der Waals surface area contributed by atoms with Crippen LogP contribution < -0.4 is 15.8 Å². The molecule has 2 aliphatic rings. The minimum atomic E-state index is -0.146. The van der Waals surface area contributed by atoms with Gasteiger partial charge in [0, 0.05) is 24.3 Å². The molecule has 2 fully saturated rings. The van der Waals surface area contributed by atoms with Gasteiger partial charge < -0.3 is 20.8 Å². The normalized spacial score (nSPS) is 18.6. The highest BCUT2D eigenvalue weighted by molar-refractivity contribution is 6.10. The zero-order valence-electron chi connectivity index (χ0n) is 18.3. The number of ether oxygens (including phenoxy) is 1. The largest absolute Gasteiger partial charge is 0.489 e. The zero-order valence-corrected chi connectivity index (χ0v) is 18.3. The van der Waals surface area contributed by atoms with Crippen LogP contribution in [0, 0.1) is 0 Å². The number of likely N-dealkylation sites (tertiary alicyclic amines) is 1. The number of carbonyl (C=O) groups is 1. The lowest BCUT2D eigenvalue weighted by Gasteiger charge is -2.15. The van der Waals surface area contributed by atoms with E-state index in [2.05, 4.69) is 33.2 Å². The predicted octanol–water partition coefficient (Wildman–Crippen LogP) is 4.32. The molecule has 0 radical (unpaired) electrons. The second-order valence-electron chi connectivity index (χ2n) is 8.65. The van der Waals surface area contributed by atoms with Crippen LogP contribution >= 0.6 is 0 Å². The molecule has 1 aliphatic heterocycles. The SMILES string of the molecule is CCN1CCC(Oc2ccc(Nc3nc(N)c(C(=O)c4cccc(C5CC5)c4)[nH]3)cc2)C1. The van der Waals surface area contributed by atoms with Crippen LogP contribution in [0.3, 0.4) is 0 Å². The first-order valence-corrected chi connectivity index (χ1v) is 11.4. The molecule has 3 aromatic rings. The maximum Gasteiger partial charge on any atom is 0.213 e. The maximum atomic E-state index is 13.0. The number of anilines is 3. The van der Waals surface area contributed by atoms with Gasteiger partial charge in [0.1, 0.15) is 17.5 Å². The van der Waals surface area contributed by atoms with E-state index < -0.39 is 0 Å². The van der Waals surface area contributed by atoms with Crippen molar-refractivity contribution in [3.05, 3.63) is 65.4 Å². The van der Waals surface area contributed by atoms with E-state index in [1.165, 1.54) is 18.4 Å². The Bertz CT molecular complexity index is 1100. The Hall–Kier alpha value is -3.32. The molecule has 0 bridgehead atoms. The second-order valence-corrected chi connectivity index (χ2v) is 8.65. The number of nitrogens with two attached hydrogens (primary N) is 1. The molecule has 5 rings (SSSR count). The number of nitrogens with one attached hydrogen (secondary N) is 2. The quantitative estimate of drug-likeness (QED) is 0.460. The van der Waals surface area contributed by atoms with Gasteiger partial charge in [0.25, 0.3) is 0 Å². The van der Waals surface area contributed by atoms with Crippen LogP contribution in [0.25, 0.3) is 0 Å². The summed E-state index contributed by atoms with van der Waals surface area (Å²) in [5.74, 6) is 1.92. The highest BCUT2D eigenvalue weighted by atomic mass is 16.5. The molecule has 1 saturated heterocycles. The van der Waals surface area contributed by atoms with Crippen LogP contribution in [0.2, 0.25) is 0 Å². The highest BCUT2D eigenvalue weighted by Crippen LogP contribution is 2.40. The fourth-order valence-corrected chi connectivity index (χ4v) is 4.24. The van der Waals surface area contributed by atoms with E-state index in [1.54, 1.807) is 0 Å². The van der Waals surface area contributed by atoms with Gasteiger partial charge in [0.05, 0.1) is 0 Å². The molecular weight excluding hydrogens is 402 g/mol. The molecular formula is C25H29N5O2. The Labute approximate surface area is 188 Å². The van der Waals surface area contributed by atoms with Crippen molar-refractivity contribution in [2.24, 2.45) is 0 Å². The molecule has 7 heteroatoms. The van der Waals surface area contributed by atoms with E-state index in [0.717, 1.165) is 37.5 Å². The number of hydrogen-bond acceptors (Lipinski definition) is 6. The predicted molar refractivity (Wildman–Crippen MR) is 126 cm³/mol. The van der Waals surface area contributed by atoms with Gasteiger partial charge in [-0.1, -0.05) is 25.1 Å². The number of aromatic nitrogens is 2. The van der Waals surface area contributed by atoms with Gasteiger partial charge in [-0.15, -0.1) is 0 Å². The average molecular weight is 432 g/mol. The molecule has 4 N–H and O–H groups in total. The standard InChI is InChI=1S/C25H29N5O2/c1-2-30-13-12-21(15-30)32-20-10-8-19(9-11-20)27-25-28-22(24(26)29-25)23(31)18-5-3-4-17(14-18)16-6-7-16/h3-5,8-11,14,16,21H,2,6-7,12-13,15,26H2,1H3,(H2,27,28,29). The van der Waals surface area contributed by atoms with Gasteiger partial charge in [-0.3, -0.25) is 9.69 Å². The Balaban J connectivity index is 1.24. The first-order chi connectivity index (χ1) is 15.6. The van der Waals surface area contributed by atoms with Crippen LogP contribution in [0.4, 0.5) is 17.5 Å². The number of nitrogen functional groups attached to an aromatic ring is 1. The number of nitrogens with zero attached hydrogens (tertiary/aromatic N) is 2. The summed E-state index contributed by atoms with van der Waals surface area (Å²) < 4.78 is 6.09. The number of ketones is 1. The fourth-order valence-electron chi connectivity index (χ4n) is 4.24. The van der Waals surface area contributed by atoms with Gasteiger partial charge >= 0.3 is 0 Å². The Morgan fingerprint density at radius 1 is 1.22 bits per heavy atom. The van der Waals surface area contributed by atoms with Crippen molar-refractivity contribution in [3.8, 4) is 5.75 Å². The Morgan fingerprint density at radius 3 is 2.75 bits per heavy atom. The highest BCUT2D eigenvalue weighted by Gasteiger charge is 2.25. The zero-order chi connectivity index (χ0) is 22.1. The lowest BCUT2D eigenvalue weighted by molar-refractivity contribution is 0.103. The molecule has 166 valence electrons. The van der Waals surface area contributed by atoms with Crippen LogP contribution in [0.1, 0.15) is 53.7 Å². The lowest BCUT2D eigenvalue weighted by Crippen LogP contribution is -2.24. The molecule has 2 aromatic carbocycles. The molecule has 0 amide bonds. The number of carbonyl (C=O) groups excluding carboxylic acids is 1. The molecule has 2 heterocycles. The minimum Gasteiger partial charge on any atom is -0.489 e. The summed E-state index contributed by atoms with van der Waals surface area (Å²) >= 11 is 0. The number of rotatable bonds is 8. The first kappa shape index (κ1) is 20.6. The maximum absolute atomic E-state index is 13.0. The average Bonchev–Trinajstić information content (AvgIpc) is 3.47. The van der Waals surface area contributed by atoms with E-state index in [9.17, 15) is 4.79 Å². The van der Waals surface area contributed by atoms with Crippen LogP contribution in [-0.2, 0) is 0 Å². The van der Waals surface area contributed by atoms with Crippen molar-refractivity contribution in [1.29, 1.82) is 0 Å². The summed E-state index contributed by atoms with van der Waals surface area (Å²) in [4.78, 5) is 22.7. The van der Waals surface area contributed by atoms with Crippen molar-refractivity contribution < 1.29 is 9.53 Å². The molecule has 1 aliphatic carbocycles. The van der Waals surface area contributed by atoms with E-state index in [4.69, 9.17) is 10.5 Å². The van der Waals surface area contributed by atoms with Gasteiger partial charge in [0.2, 0.25) is 11.7 Å². The monoisotopic (exact) mass is 431 g/mol. The third-order valence-electron chi connectivity index (χ3n) is 6.25. The van der Waals surface area contributed by atoms with Crippen LogP contribution in [0.15, 0.2) is 48.5 Å². The van der Waals surface area contributed by atoms with E-state index >= 15 is 0 Å². The van der Waals surface area contributed by atoms with Crippen molar-refractivity contribution in [3.63, 3.8) is 0 Å². The molecule has 0 spiro atoms. The number of imidazole rings is 1. The summed E-state index contributed by atoms with van der Waals surface area (Å²) in [5, 5.41) is 3.19. The number of hydrogen-bond donors (Lipinski definition) is 3. The van der Waals surface area contributed by atoms with E-state index in [0.29, 0.717) is 23.1 Å². The van der Waals surface area contributed by atoms with Crippen LogP contribution in [0.5, 0.6) is 5.75 Å². The molecule has 1 saturated carbocycles. The number of benzene rings is 2. The summed E-state index contributed by atoms with van der Waals surface area (Å²) in [6, 6.07) is 15.6. The summed E-state index contributed by atoms with van der Waals surface area (Å²) in [7, 11) is 0. The van der Waals surface area contributed by atoms with Crippen molar-refractivity contribution in [2.75, 3.05) is 30.7 Å². The molecule has 7 nitrogen and oxygen atoms in total. The van der Waals surface area contributed by atoms with E-state index in [-0.39, 0.29) is 17.7 Å². The Morgan fingerprint density at radius 2 is 2.03 bits per heavy atom. The topological polar surface area (TPSA) is 96.3 Å². The summed E-state index contributed by atoms with van der Waals surface area (Å²) in [6.45, 7) is 5.30. The minimum absolute atomic E-state index is 0.146. The van der Waals surface area contributed by atoms with Gasteiger partial charge in [-0.05, 0) is 67.6 Å². The fraction of sp³-hybridized carbons (Fsp3) is 0.360. The van der Waals surface area contributed by atoms with Crippen LogP contribution in [-0.4, -0.2) is 46.4 Å². The molecule has 1 aromatic heterocycles. The lowest BCUT2D eigenvalue weighted by atomic mass is 10.0. The molecule has 32 heavy (non-hydrogen) atoms. The van der Waals surface area contributed by atoms with Gasteiger partial charge in [-0.2, -0.15) is 4.98 Å². The van der Waals surface area contributed by atoms with Gasteiger partial charge in [0.15, 0.2) is 5.82 Å². The molecule has 1 atom stereocenters. The first-order valence-electron chi connectivity index (χ1n) is 11.4. The third kappa shape index (κ3) is 4.48. The second kappa shape index (κ2) is 8.67. The van der Waals surface area contributed by atoms with Crippen molar-refractivity contribution in [2.45, 2.75) is 38.2 Å². The Kier molecular flexibility index (Phi) is 5.57. The van der Waals surface area contributed by atoms with Crippen molar-refractivity contribution >= 4 is 23.2 Å².